The molecule has 0 heterocycles. The molecule has 0 fully saturated rings. The quantitative estimate of drug-likeness (QED) is 0.176. The molecule has 0 bridgehead atoms. The van der Waals surface area contributed by atoms with Crippen LogP contribution in [-0.2, 0) is 28.6 Å². The van der Waals surface area contributed by atoms with Crippen LogP contribution in [0.25, 0.3) is 10.8 Å². The Hall–Kier alpha value is -2.14. The van der Waals surface area contributed by atoms with Crippen molar-refractivity contribution in [1.29, 1.82) is 0 Å². The van der Waals surface area contributed by atoms with Gasteiger partial charge in [0.2, 0.25) is 6.79 Å². The summed E-state index contributed by atoms with van der Waals surface area (Å²) in [6.45, 7) is 2.28. The second kappa shape index (κ2) is 11.3. The molecule has 0 amide bonds. The predicted molar refractivity (Wildman–Crippen MR) is 136 cm³/mol. The first-order valence-corrected chi connectivity index (χ1v) is 14.5. The Morgan fingerprint density at radius 3 is 2.51 bits per heavy atom. The maximum absolute atomic E-state index is 13.7. The van der Waals surface area contributed by atoms with E-state index in [4.69, 9.17) is 20.9 Å². The summed E-state index contributed by atoms with van der Waals surface area (Å²) in [4.78, 5) is 21.8. The van der Waals surface area contributed by atoms with E-state index < -0.39 is 43.0 Å². The normalized spacial score (nSPS) is 13.4. The van der Waals surface area contributed by atoms with Crippen molar-refractivity contribution in [3.63, 3.8) is 0 Å². The lowest BCUT2D eigenvalue weighted by atomic mass is 10.1. The molecule has 0 saturated heterocycles. The van der Waals surface area contributed by atoms with Gasteiger partial charge in [0.1, 0.15) is 6.29 Å². The highest BCUT2D eigenvalue weighted by molar-refractivity contribution is 9.10. The Bertz CT molecular complexity index is 1360. The van der Waals surface area contributed by atoms with Crippen molar-refractivity contribution in [2.24, 2.45) is 0 Å². The molecule has 1 atom stereocenters. The highest BCUT2D eigenvalue weighted by atomic mass is 79.9. The molecule has 3 rings (SSSR count). The average molecular weight is 607 g/mol. The molecular formula is C22H22BrClNO8PS. The molecule has 9 nitrogen and oxygen atoms in total. The fourth-order valence-electron chi connectivity index (χ4n) is 3.10. The Balaban J connectivity index is 2.00. The number of anilines is 1. The number of carbonyl (C=O) groups excluding carboxylic acids is 1. The summed E-state index contributed by atoms with van der Waals surface area (Å²) in [7, 11) is -9.06. The van der Waals surface area contributed by atoms with Gasteiger partial charge in [-0.15, -0.1) is 0 Å². The van der Waals surface area contributed by atoms with Gasteiger partial charge in [0.15, 0.2) is 0 Å². The van der Waals surface area contributed by atoms with Gasteiger partial charge in [-0.1, -0.05) is 63.9 Å². The van der Waals surface area contributed by atoms with Gasteiger partial charge in [0, 0.05) is 14.9 Å². The third kappa shape index (κ3) is 7.19. The molecule has 1 N–H and O–H groups in total. The number of hydrogen-bond acceptors (Lipinski definition) is 7. The molecular weight excluding hydrogens is 585 g/mol. The summed E-state index contributed by atoms with van der Waals surface area (Å²) >= 11 is 9.29. The van der Waals surface area contributed by atoms with Crippen LogP contribution in [0, 0.1) is 0 Å². The largest absolute Gasteiger partial charge is 0.510 e. The van der Waals surface area contributed by atoms with E-state index in [-0.39, 0.29) is 15.6 Å². The zero-order valence-electron chi connectivity index (χ0n) is 18.6. The standard InChI is InChI=1S/C22H22BrClNO8PS/c1-15(2)33-22(26)31-14-32-34(27,28)13-25(21-9-5-7-16-6-3-4-8-20(16)21)35(29,30)19-11-17(23)10-18(24)12-19/h3-12,15H,13-14H2,1-2H3,(H,27,28). The number of sulfonamides is 1. The summed E-state index contributed by atoms with van der Waals surface area (Å²) in [5.74, 6) is 0. The molecule has 13 heteroatoms. The summed E-state index contributed by atoms with van der Waals surface area (Å²) in [6.07, 6.45) is -2.52. The first-order valence-electron chi connectivity index (χ1n) is 10.2. The summed E-state index contributed by atoms with van der Waals surface area (Å²) < 4.78 is 55.8. The molecule has 35 heavy (non-hydrogen) atoms. The molecule has 1 unspecified atom stereocenters. The van der Waals surface area contributed by atoms with E-state index >= 15 is 0 Å². The molecule has 0 saturated carbocycles. The number of fused-ring (bicyclic) bond motifs is 1. The van der Waals surface area contributed by atoms with Gasteiger partial charge < -0.3 is 14.4 Å². The highest BCUT2D eigenvalue weighted by Gasteiger charge is 2.34. The van der Waals surface area contributed by atoms with Crippen molar-refractivity contribution < 1.29 is 36.7 Å². The second-order valence-electron chi connectivity index (χ2n) is 7.54. The number of benzene rings is 3. The molecule has 0 aliphatic rings. The highest BCUT2D eigenvalue weighted by Crippen LogP contribution is 2.46. The molecule has 0 spiro atoms. The number of ether oxygens (including phenoxy) is 2. The van der Waals surface area contributed by atoms with Gasteiger partial charge in [-0.3, -0.25) is 13.4 Å². The predicted octanol–water partition coefficient (Wildman–Crippen LogP) is 6.13. The van der Waals surface area contributed by atoms with Crippen molar-refractivity contribution in [2.45, 2.75) is 24.8 Å². The third-order valence-corrected chi connectivity index (χ3v) is 8.28. The maximum Gasteiger partial charge on any atom is 0.510 e. The molecule has 188 valence electrons. The lowest BCUT2D eigenvalue weighted by Crippen LogP contribution is -2.32. The smallest absolute Gasteiger partial charge is 0.432 e. The van der Waals surface area contributed by atoms with E-state index in [9.17, 15) is 22.7 Å². The van der Waals surface area contributed by atoms with Gasteiger partial charge in [-0.05, 0) is 43.5 Å². The Labute approximate surface area is 216 Å². The fourth-order valence-corrected chi connectivity index (χ4v) is 7.22. The van der Waals surface area contributed by atoms with Crippen molar-refractivity contribution in [3.8, 4) is 0 Å². The van der Waals surface area contributed by atoms with Crippen LogP contribution in [0.1, 0.15) is 13.8 Å². The van der Waals surface area contributed by atoms with Crippen LogP contribution in [0.3, 0.4) is 0 Å². The van der Waals surface area contributed by atoms with Crippen LogP contribution in [0.15, 0.2) is 70.0 Å². The second-order valence-corrected chi connectivity index (χ2v) is 12.6. The van der Waals surface area contributed by atoms with Crippen molar-refractivity contribution >= 4 is 67.8 Å². The van der Waals surface area contributed by atoms with Gasteiger partial charge in [0.25, 0.3) is 10.0 Å². The maximum atomic E-state index is 13.7. The summed E-state index contributed by atoms with van der Waals surface area (Å²) in [5, 5.41) is 1.39. The molecule has 0 radical (unpaired) electrons. The van der Waals surface area contributed by atoms with Crippen LogP contribution < -0.4 is 4.31 Å². The van der Waals surface area contributed by atoms with Crippen LogP contribution >= 0.6 is 35.1 Å². The lowest BCUT2D eigenvalue weighted by molar-refractivity contribution is -0.0107. The Morgan fingerprint density at radius 1 is 1.14 bits per heavy atom. The first kappa shape index (κ1) is 27.4. The Morgan fingerprint density at radius 2 is 1.83 bits per heavy atom. The zero-order valence-corrected chi connectivity index (χ0v) is 22.7. The van der Waals surface area contributed by atoms with E-state index in [0.717, 1.165) is 4.31 Å². The third-order valence-electron chi connectivity index (χ3n) is 4.53. The summed E-state index contributed by atoms with van der Waals surface area (Å²) in [5.41, 5.74) is 0.150. The fraction of sp³-hybridized carbons (Fsp3) is 0.227. The van der Waals surface area contributed by atoms with E-state index in [2.05, 4.69) is 20.7 Å². The van der Waals surface area contributed by atoms with Crippen LogP contribution in [0.5, 0.6) is 0 Å². The van der Waals surface area contributed by atoms with Crippen molar-refractivity contribution in [2.75, 3.05) is 17.4 Å². The molecule has 0 aromatic heterocycles. The number of halogens is 2. The van der Waals surface area contributed by atoms with E-state index in [1.165, 1.54) is 24.3 Å². The van der Waals surface area contributed by atoms with Crippen LogP contribution in [-0.4, -0.2) is 38.6 Å². The van der Waals surface area contributed by atoms with Gasteiger partial charge in [-0.2, -0.15) is 0 Å². The molecule has 0 aliphatic carbocycles. The summed E-state index contributed by atoms with van der Waals surface area (Å²) in [6, 6.07) is 16.0. The minimum Gasteiger partial charge on any atom is -0.432 e. The number of hydrogen-bond donors (Lipinski definition) is 1. The van der Waals surface area contributed by atoms with E-state index in [0.29, 0.717) is 15.2 Å². The first-order chi connectivity index (χ1) is 16.4. The van der Waals surface area contributed by atoms with Gasteiger partial charge in [-0.25, -0.2) is 13.2 Å². The van der Waals surface area contributed by atoms with Crippen molar-refractivity contribution in [1.82, 2.24) is 0 Å². The molecule has 3 aromatic carbocycles. The Kier molecular flexibility index (Phi) is 8.85. The zero-order chi connectivity index (χ0) is 25.8. The average Bonchev–Trinajstić information content (AvgIpc) is 2.76. The topological polar surface area (TPSA) is 119 Å². The number of carbonyl (C=O) groups is 1. The lowest BCUT2D eigenvalue weighted by Gasteiger charge is -2.27. The van der Waals surface area contributed by atoms with E-state index in [1.54, 1.807) is 50.2 Å². The monoisotopic (exact) mass is 605 g/mol. The molecule has 0 aliphatic heterocycles. The van der Waals surface area contributed by atoms with Crippen LogP contribution in [0.2, 0.25) is 5.02 Å². The van der Waals surface area contributed by atoms with E-state index in [1.807, 2.05) is 0 Å². The number of rotatable bonds is 9. The van der Waals surface area contributed by atoms with Gasteiger partial charge in [0.05, 0.1) is 16.7 Å². The number of nitrogens with zero attached hydrogens (tertiary/aromatic N) is 1. The minimum absolute atomic E-state index is 0.149. The van der Waals surface area contributed by atoms with Gasteiger partial charge >= 0.3 is 13.8 Å². The minimum atomic E-state index is -4.65. The SMILES string of the molecule is CC(C)OC(=O)OCOP(=O)(O)CN(c1cccc2ccccc12)S(=O)(=O)c1cc(Cl)cc(Br)c1. The molecule has 3 aromatic rings. The van der Waals surface area contributed by atoms with Crippen LogP contribution in [0.4, 0.5) is 10.5 Å². The van der Waals surface area contributed by atoms with Crippen molar-refractivity contribution in [3.05, 3.63) is 70.2 Å².